The molecule has 2 heterocycles. The SMILES string of the molecule is CNCc1sc(N2CCOC3CCCCC32)nc1C. The number of aromatic nitrogens is 1. The summed E-state index contributed by atoms with van der Waals surface area (Å²) in [5, 5.41) is 4.42. The van der Waals surface area contributed by atoms with Crippen LogP contribution in [-0.2, 0) is 11.3 Å². The molecule has 0 amide bonds. The van der Waals surface area contributed by atoms with Crippen molar-refractivity contribution in [2.75, 3.05) is 25.1 Å². The van der Waals surface area contributed by atoms with Crippen molar-refractivity contribution < 1.29 is 4.74 Å². The van der Waals surface area contributed by atoms with Crippen molar-refractivity contribution in [3.63, 3.8) is 0 Å². The summed E-state index contributed by atoms with van der Waals surface area (Å²) in [6, 6.07) is 0.551. The molecule has 2 fully saturated rings. The average Bonchev–Trinajstić information content (AvgIpc) is 2.80. The first-order valence-corrected chi connectivity index (χ1v) is 8.10. The van der Waals surface area contributed by atoms with Crippen molar-refractivity contribution in [1.29, 1.82) is 0 Å². The lowest BCUT2D eigenvalue weighted by Crippen LogP contribution is -2.52. The number of thiazole rings is 1. The Balaban J connectivity index is 1.81. The molecule has 1 saturated heterocycles. The van der Waals surface area contributed by atoms with Crippen LogP contribution in [0.5, 0.6) is 0 Å². The van der Waals surface area contributed by atoms with E-state index >= 15 is 0 Å². The second kappa shape index (κ2) is 5.77. The Labute approximate surface area is 119 Å². The molecule has 1 saturated carbocycles. The second-order valence-electron chi connectivity index (χ2n) is 5.49. The van der Waals surface area contributed by atoms with Crippen molar-refractivity contribution >= 4 is 16.5 Å². The van der Waals surface area contributed by atoms with Crippen LogP contribution in [0.15, 0.2) is 0 Å². The molecule has 4 nitrogen and oxygen atoms in total. The Kier molecular flexibility index (Phi) is 4.05. The lowest BCUT2D eigenvalue weighted by molar-refractivity contribution is -0.00869. The first kappa shape index (κ1) is 13.3. The van der Waals surface area contributed by atoms with Gasteiger partial charge in [-0.2, -0.15) is 0 Å². The molecule has 0 aromatic carbocycles. The van der Waals surface area contributed by atoms with Crippen LogP contribution in [0.3, 0.4) is 0 Å². The molecule has 1 aromatic heterocycles. The zero-order valence-electron chi connectivity index (χ0n) is 11.8. The van der Waals surface area contributed by atoms with Crippen molar-refractivity contribution in [2.45, 2.75) is 51.3 Å². The molecule has 1 aliphatic heterocycles. The fraction of sp³-hybridized carbons (Fsp3) is 0.786. The van der Waals surface area contributed by atoms with E-state index in [0.717, 1.165) is 19.7 Å². The molecular weight excluding hydrogens is 258 g/mol. The molecule has 1 aliphatic carbocycles. The summed E-state index contributed by atoms with van der Waals surface area (Å²) in [5.74, 6) is 0. The number of fused-ring (bicyclic) bond motifs is 1. The van der Waals surface area contributed by atoms with E-state index in [2.05, 4.69) is 17.1 Å². The number of anilines is 1. The number of morpholine rings is 1. The van der Waals surface area contributed by atoms with E-state index in [1.807, 2.05) is 18.4 Å². The molecule has 0 spiro atoms. The number of nitrogens with one attached hydrogen (secondary N) is 1. The quantitative estimate of drug-likeness (QED) is 0.922. The van der Waals surface area contributed by atoms with Crippen LogP contribution in [0.25, 0.3) is 0 Å². The van der Waals surface area contributed by atoms with E-state index in [0.29, 0.717) is 12.1 Å². The third-order valence-corrected chi connectivity index (χ3v) is 5.39. The summed E-state index contributed by atoms with van der Waals surface area (Å²) in [5.41, 5.74) is 1.17. The van der Waals surface area contributed by atoms with Crippen molar-refractivity contribution in [3.05, 3.63) is 10.6 Å². The maximum absolute atomic E-state index is 5.94. The molecule has 1 N–H and O–H groups in total. The predicted octanol–water partition coefficient (Wildman–Crippen LogP) is 2.32. The summed E-state index contributed by atoms with van der Waals surface area (Å²) >= 11 is 1.84. The monoisotopic (exact) mass is 281 g/mol. The van der Waals surface area contributed by atoms with Crippen LogP contribution in [-0.4, -0.2) is 37.3 Å². The normalized spacial score (nSPS) is 27.4. The molecule has 1 aromatic rings. The summed E-state index contributed by atoms with van der Waals surface area (Å²) in [6.07, 6.45) is 5.55. The Morgan fingerprint density at radius 1 is 1.42 bits per heavy atom. The smallest absolute Gasteiger partial charge is 0.186 e. The number of hydrogen-bond donors (Lipinski definition) is 1. The molecule has 2 atom stereocenters. The van der Waals surface area contributed by atoms with Crippen LogP contribution in [0.1, 0.15) is 36.3 Å². The zero-order valence-corrected chi connectivity index (χ0v) is 12.6. The summed E-state index contributed by atoms with van der Waals surface area (Å²) in [4.78, 5) is 8.65. The lowest BCUT2D eigenvalue weighted by Gasteiger charge is -2.43. The Bertz CT molecular complexity index is 432. The number of aryl methyl sites for hydroxylation is 1. The highest BCUT2D eigenvalue weighted by Gasteiger charge is 2.35. The maximum Gasteiger partial charge on any atom is 0.186 e. The minimum atomic E-state index is 0.430. The van der Waals surface area contributed by atoms with Crippen molar-refractivity contribution in [2.24, 2.45) is 0 Å². The highest BCUT2D eigenvalue weighted by atomic mass is 32.1. The highest BCUT2D eigenvalue weighted by Crippen LogP contribution is 2.35. The Hall–Kier alpha value is -0.650. The first-order valence-electron chi connectivity index (χ1n) is 7.28. The minimum absolute atomic E-state index is 0.430. The van der Waals surface area contributed by atoms with Crippen LogP contribution in [0.2, 0.25) is 0 Å². The van der Waals surface area contributed by atoms with Gasteiger partial charge in [0, 0.05) is 18.0 Å². The van der Waals surface area contributed by atoms with E-state index in [1.54, 1.807) is 0 Å². The Morgan fingerprint density at radius 3 is 3.11 bits per heavy atom. The molecular formula is C14H23N3OS. The van der Waals surface area contributed by atoms with Gasteiger partial charge in [-0.15, -0.1) is 11.3 Å². The van der Waals surface area contributed by atoms with Gasteiger partial charge in [-0.25, -0.2) is 4.98 Å². The fourth-order valence-electron chi connectivity index (χ4n) is 3.19. The summed E-state index contributed by atoms with van der Waals surface area (Å²) in [6.45, 7) is 4.88. The van der Waals surface area contributed by atoms with E-state index in [-0.39, 0.29) is 0 Å². The topological polar surface area (TPSA) is 37.4 Å². The van der Waals surface area contributed by atoms with Crippen molar-refractivity contribution in [1.82, 2.24) is 10.3 Å². The molecule has 2 aliphatic rings. The number of ether oxygens (including phenoxy) is 1. The van der Waals surface area contributed by atoms with Gasteiger partial charge in [-0.05, 0) is 26.8 Å². The zero-order chi connectivity index (χ0) is 13.2. The standard InChI is InChI=1S/C14H23N3OS/c1-10-13(9-15-2)19-14(16-10)17-7-8-18-12-6-4-3-5-11(12)17/h11-12,15H,3-9H2,1-2H3. The summed E-state index contributed by atoms with van der Waals surface area (Å²) < 4.78 is 5.94. The molecule has 19 heavy (non-hydrogen) atoms. The van der Waals surface area contributed by atoms with Gasteiger partial charge < -0.3 is 15.0 Å². The first-order chi connectivity index (χ1) is 9.29. The average molecular weight is 281 g/mol. The minimum Gasteiger partial charge on any atom is -0.374 e. The molecule has 106 valence electrons. The number of hydrogen-bond acceptors (Lipinski definition) is 5. The van der Waals surface area contributed by atoms with Crippen LogP contribution >= 0.6 is 11.3 Å². The molecule has 0 bridgehead atoms. The van der Waals surface area contributed by atoms with E-state index in [4.69, 9.17) is 9.72 Å². The van der Waals surface area contributed by atoms with Gasteiger partial charge in [0.2, 0.25) is 0 Å². The van der Waals surface area contributed by atoms with E-state index < -0.39 is 0 Å². The van der Waals surface area contributed by atoms with Gasteiger partial charge in [0.25, 0.3) is 0 Å². The van der Waals surface area contributed by atoms with Gasteiger partial charge in [-0.3, -0.25) is 0 Å². The third kappa shape index (κ3) is 2.64. The molecule has 5 heteroatoms. The van der Waals surface area contributed by atoms with Crippen molar-refractivity contribution in [3.8, 4) is 0 Å². The largest absolute Gasteiger partial charge is 0.374 e. The molecule has 3 rings (SSSR count). The second-order valence-corrected chi connectivity index (χ2v) is 6.55. The van der Waals surface area contributed by atoms with Gasteiger partial charge >= 0.3 is 0 Å². The van der Waals surface area contributed by atoms with E-state index in [9.17, 15) is 0 Å². The van der Waals surface area contributed by atoms with E-state index in [1.165, 1.54) is 41.4 Å². The van der Waals surface area contributed by atoms with Gasteiger partial charge in [0.1, 0.15) is 0 Å². The lowest BCUT2D eigenvalue weighted by atomic mass is 9.90. The third-order valence-electron chi connectivity index (χ3n) is 4.20. The van der Waals surface area contributed by atoms with Crippen LogP contribution < -0.4 is 10.2 Å². The maximum atomic E-state index is 5.94. The number of rotatable bonds is 3. The predicted molar refractivity (Wildman–Crippen MR) is 79.0 cm³/mol. The molecule has 0 radical (unpaired) electrons. The summed E-state index contributed by atoms with van der Waals surface area (Å²) in [7, 11) is 1.99. The molecule has 2 unspecified atom stereocenters. The Morgan fingerprint density at radius 2 is 2.26 bits per heavy atom. The number of nitrogens with zero attached hydrogens (tertiary/aromatic N) is 2. The van der Waals surface area contributed by atoms with Gasteiger partial charge in [-0.1, -0.05) is 12.8 Å². The highest BCUT2D eigenvalue weighted by molar-refractivity contribution is 7.15. The fourth-order valence-corrected chi connectivity index (χ4v) is 4.35. The van der Waals surface area contributed by atoms with Gasteiger partial charge in [0.15, 0.2) is 5.13 Å². The van der Waals surface area contributed by atoms with Gasteiger partial charge in [0.05, 0.1) is 24.4 Å². The van der Waals surface area contributed by atoms with Crippen LogP contribution in [0.4, 0.5) is 5.13 Å². The van der Waals surface area contributed by atoms with Crippen LogP contribution in [0, 0.1) is 6.92 Å².